The van der Waals surface area contributed by atoms with Crippen molar-refractivity contribution in [2.75, 3.05) is 27.3 Å². The largest absolute Gasteiger partial charge is 0.496 e. The van der Waals surface area contributed by atoms with Crippen LogP contribution in [0.15, 0.2) is 48.5 Å². The summed E-state index contributed by atoms with van der Waals surface area (Å²) in [5.41, 5.74) is 2.63. The molecule has 1 saturated heterocycles. The summed E-state index contributed by atoms with van der Waals surface area (Å²) in [6, 6.07) is 16.2. The van der Waals surface area contributed by atoms with Crippen molar-refractivity contribution in [1.82, 2.24) is 15.2 Å². The Hall–Kier alpha value is -2.99. The molecule has 2 N–H and O–H groups in total. The third-order valence-electron chi connectivity index (χ3n) is 5.57. The third kappa shape index (κ3) is 4.22. The molecule has 0 spiro atoms. The lowest BCUT2D eigenvalue weighted by Crippen LogP contribution is -2.44. The number of rotatable bonds is 6. The monoisotopic (exact) mass is 393 g/mol. The predicted molar refractivity (Wildman–Crippen MR) is 114 cm³/mol. The molecule has 152 valence electrons. The molecule has 3 aromatic rings. The Kier molecular flexibility index (Phi) is 5.71. The van der Waals surface area contributed by atoms with Crippen molar-refractivity contribution in [3.05, 3.63) is 59.8 Å². The lowest BCUT2D eigenvalue weighted by atomic mass is 10.0. The molecule has 2 aromatic carbocycles. The first-order chi connectivity index (χ1) is 14.2. The Balaban J connectivity index is 1.39. The average Bonchev–Trinajstić information content (AvgIpc) is 3.21. The Morgan fingerprint density at radius 1 is 1.07 bits per heavy atom. The zero-order chi connectivity index (χ0) is 20.2. The van der Waals surface area contributed by atoms with Crippen LogP contribution < -0.4 is 14.8 Å². The number of aromatic nitrogens is 1. The van der Waals surface area contributed by atoms with Gasteiger partial charge in [-0.1, -0.05) is 30.3 Å². The third-order valence-corrected chi connectivity index (χ3v) is 5.57. The number of fused-ring (bicyclic) bond motifs is 1. The van der Waals surface area contributed by atoms with Gasteiger partial charge in [-0.2, -0.15) is 0 Å². The molecule has 2 heterocycles. The van der Waals surface area contributed by atoms with E-state index in [1.807, 2.05) is 24.3 Å². The number of carbonyl (C=O) groups excluding carboxylic acids is 1. The van der Waals surface area contributed by atoms with E-state index in [4.69, 9.17) is 9.47 Å². The van der Waals surface area contributed by atoms with Crippen LogP contribution in [0, 0.1) is 0 Å². The van der Waals surface area contributed by atoms with Crippen LogP contribution in [0.5, 0.6) is 11.5 Å². The summed E-state index contributed by atoms with van der Waals surface area (Å²) < 4.78 is 10.8. The molecule has 0 saturated carbocycles. The predicted octanol–water partition coefficient (Wildman–Crippen LogP) is 3.58. The van der Waals surface area contributed by atoms with Crippen molar-refractivity contribution in [3.63, 3.8) is 0 Å². The number of likely N-dealkylation sites (tertiary alicyclic amines) is 1. The summed E-state index contributed by atoms with van der Waals surface area (Å²) in [5.74, 6) is 1.31. The molecular weight excluding hydrogens is 366 g/mol. The smallest absolute Gasteiger partial charge is 0.267 e. The van der Waals surface area contributed by atoms with Gasteiger partial charge in [-0.05, 0) is 36.6 Å². The van der Waals surface area contributed by atoms with Crippen molar-refractivity contribution in [3.8, 4) is 11.5 Å². The van der Waals surface area contributed by atoms with E-state index in [-0.39, 0.29) is 11.9 Å². The van der Waals surface area contributed by atoms with Gasteiger partial charge < -0.3 is 19.8 Å². The molecule has 0 unspecified atom stereocenters. The Bertz CT molecular complexity index is 935. The number of nitrogens with one attached hydrogen (secondary N) is 2. The number of benzene rings is 2. The SMILES string of the molecule is COc1ccc(OC)c2[nH]c(C(=O)NC3CCN(Cc4ccccc4)CC3)cc12. The molecular formula is C23H27N3O3. The molecule has 0 radical (unpaired) electrons. The van der Waals surface area contributed by atoms with Gasteiger partial charge in [0.15, 0.2) is 0 Å². The maximum absolute atomic E-state index is 12.8. The minimum absolute atomic E-state index is 0.0909. The van der Waals surface area contributed by atoms with Crippen LogP contribution >= 0.6 is 0 Å². The fraction of sp³-hybridized carbons (Fsp3) is 0.348. The fourth-order valence-corrected chi connectivity index (χ4v) is 3.98. The van der Waals surface area contributed by atoms with Crippen LogP contribution in [0.4, 0.5) is 0 Å². The van der Waals surface area contributed by atoms with Gasteiger partial charge in [-0.3, -0.25) is 9.69 Å². The van der Waals surface area contributed by atoms with Crippen LogP contribution in [0.3, 0.4) is 0 Å². The van der Waals surface area contributed by atoms with Crippen LogP contribution in [0.2, 0.25) is 0 Å². The number of H-pyrrole nitrogens is 1. The van der Waals surface area contributed by atoms with E-state index >= 15 is 0 Å². The van der Waals surface area contributed by atoms with E-state index in [2.05, 4.69) is 39.5 Å². The van der Waals surface area contributed by atoms with E-state index in [1.165, 1.54) is 5.56 Å². The quantitative estimate of drug-likeness (QED) is 0.672. The first kappa shape index (κ1) is 19.3. The minimum Gasteiger partial charge on any atom is -0.496 e. The van der Waals surface area contributed by atoms with E-state index in [0.717, 1.165) is 43.4 Å². The topological polar surface area (TPSA) is 66.6 Å². The zero-order valence-corrected chi connectivity index (χ0v) is 16.9. The number of hydrogen-bond donors (Lipinski definition) is 2. The normalized spacial score (nSPS) is 15.4. The molecule has 0 bridgehead atoms. The number of hydrogen-bond acceptors (Lipinski definition) is 4. The molecule has 1 fully saturated rings. The Morgan fingerprint density at radius 2 is 1.76 bits per heavy atom. The molecule has 6 nitrogen and oxygen atoms in total. The molecule has 1 aliphatic heterocycles. The minimum atomic E-state index is -0.0909. The van der Waals surface area contributed by atoms with Gasteiger partial charge in [-0.15, -0.1) is 0 Å². The average molecular weight is 393 g/mol. The van der Waals surface area contributed by atoms with Gasteiger partial charge in [0.05, 0.1) is 19.7 Å². The molecule has 1 amide bonds. The molecule has 1 aromatic heterocycles. The summed E-state index contributed by atoms with van der Waals surface area (Å²) >= 11 is 0. The van der Waals surface area contributed by atoms with Gasteiger partial charge in [0, 0.05) is 31.1 Å². The summed E-state index contributed by atoms with van der Waals surface area (Å²) in [6.07, 6.45) is 1.90. The molecule has 6 heteroatoms. The number of methoxy groups -OCH3 is 2. The van der Waals surface area contributed by atoms with Crippen molar-refractivity contribution in [2.45, 2.75) is 25.4 Å². The van der Waals surface area contributed by atoms with E-state index < -0.39 is 0 Å². The van der Waals surface area contributed by atoms with Crippen LogP contribution in [-0.2, 0) is 6.54 Å². The summed E-state index contributed by atoms with van der Waals surface area (Å²) in [7, 11) is 3.24. The van der Waals surface area contributed by atoms with Gasteiger partial charge >= 0.3 is 0 Å². The fourth-order valence-electron chi connectivity index (χ4n) is 3.98. The number of amides is 1. The molecule has 4 rings (SSSR count). The molecule has 29 heavy (non-hydrogen) atoms. The number of carbonyl (C=O) groups is 1. The molecule has 0 atom stereocenters. The number of piperidine rings is 1. The van der Waals surface area contributed by atoms with Crippen LogP contribution in [0.1, 0.15) is 28.9 Å². The van der Waals surface area contributed by atoms with Crippen molar-refractivity contribution in [2.24, 2.45) is 0 Å². The second-order valence-electron chi connectivity index (χ2n) is 7.45. The van der Waals surface area contributed by atoms with Gasteiger partial charge in [0.25, 0.3) is 5.91 Å². The van der Waals surface area contributed by atoms with Crippen molar-refractivity contribution in [1.29, 1.82) is 0 Å². The maximum Gasteiger partial charge on any atom is 0.267 e. The maximum atomic E-state index is 12.8. The number of nitrogens with zero attached hydrogens (tertiary/aromatic N) is 1. The summed E-state index contributed by atoms with van der Waals surface area (Å²) in [4.78, 5) is 18.5. The lowest BCUT2D eigenvalue weighted by molar-refractivity contribution is 0.0904. The van der Waals surface area contributed by atoms with E-state index in [9.17, 15) is 4.79 Å². The molecule has 0 aliphatic carbocycles. The van der Waals surface area contributed by atoms with Crippen molar-refractivity contribution >= 4 is 16.8 Å². The highest BCUT2D eigenvalue weighted by atomic mass is 16.5. The first-order valence-corrected chi connectivity index (χ1v) is 9.98. The number of aromatic amines is 1. The Morgan fingerprint density at radius 3 is 2.45 bits per heavy atom. The molecule has 1 aliphatic rings. The van der Waals surface area contributed by atoms with E-state index in [0.29, 0.717) is 17.2 Å². The van der Waals surface area contributed by atoms with Gasteiger partial charge in [-0.25, -0.2) is 0 Å². The second-order valence-corrected chi connectivity index (χ2v) is 7.45. The van der Waals surface area contributed by atoms with Gasteiger partial charge in [0.2, 0.25) is 0 Å². The van der Waals surface area contributed by atoms with Crippen LogP contribution in [0.25, 0.3) is 10.9 Å². The van der Waals surface area contributed by atoms with Crippen LogP contribution in [-0.4, -0.2) is 49.1 Å². The Labute approximate surface area is 170 Å². The standard InChI is InChI=1S/C23H27N3O3/c1-28-20-8-9-21(29-2)22-18(20)14-19(25-22)23(27)24-17-10-12-26(13-11-17)15-16-6-4-3-5-7-16/h3-9,14,17,25H,10-13,15H2,1-2H3,(H,24,27). The number of ether oxygens (including phenoxy) is 2. The highest BCUT2D eigenvalue weighted by Gasteiger charge is 2.22. The highest BCUT2D eigenvalue weighted by Crippen LogP contribution is 2.33. The van der Waals surface area contributed by atoms with Gasteiger partial charge in [0.1, 0.15) is 17.2 Å². The first-order valence-electron chi connectivity index (χ1n) is 9.98. The van der Waals surface area contributed by atoms with Crippen molar-refractivity contribution < 1.29 is 14.3 Å². The summed E-state index contributed by atoms with van der Waals surface area (Å²) in [6.45, 7) is 2.92. The van der Waals surface area contributed by atoms with E-state index in [1.54, 1.807) is 14.2 Å². The zero-order valence-electron chi connectivity index (χ0n) is 16.9. The highest BCUT2D eigenvalue weighted by molar-refractivity contribution is 6.01. The second kappa shape index (κ2) is 8.57. The summed E-state index contributed by atoms with van der Waals surface area (Å²) in [5, 5.41) is 4.02. The lowest BCUT2D eigenvalue weighted by Gasteiger charge is -2.32.